The normalized spacial score (nSPS) is 15.2. The fraction of sp³-hybridized carbons (Fsp3) is 0.400. The Balaban J connectivity index is 1.54. The zero-order valence-electron chi connectivity index (χ0n) is 15.9. The van der Waals surface area contributed by atoms with Crippen molar-refractivity contribution in [3.8, 4) is 17.1 Å². The Hall–Kier alpha value is -2.48. The third-order valence-electron chi connectivity index (χ3n) is 5.76. The fourth-order valence-corrected chi connectivity index (χ4v) is 4.28. The summed E-state index contributed by atoms with van der Waals surface area (Å²) in [6.07, 6.45) is 5.01. The van der Waals surface area contributed by atoms with Crippen LogP contribution in [0.15, 0.2) is 29.0 Å². The summed E-state index contributed by atoms with van der Waals surface area (Å²) in [5.41, 5.74) is 4.11. The molecule has 0 spiro atoms. The van der Waals surface area contributed by atoms with E-state index in [9.17, 15) is 4.79 Å². The van der Waals surface area contributed by atoms with E-state index in [0.29, 0.717) is 18.9 Å². The van der Waals surface area contributed by atoms with Crippen molar-refractivity contribution in [2.45, 2.75) is 39.3 Å². The van der Waals surface area contributed by atoms with E-state index >= 15 is 0 Å². The summed E-state index contributed by atoms with van der Waals surface area (Å²) in [6.45, 7) is 3.04. The molecule has 28 heavy (non-hydrogen) atoms. The van der Waals surface area contributed by atoms with Crippen molar-refractivity contribution in [1.82, 2.24) is 29.2 Å². The molecule has 1 saturated carbocycles. The van der Waals surface area contributed by atoms with Gasteiger partial charge in [0.25, 0.3) is 0 Å². The molecule has 0 radical (unpaired) electrons. The first kappa shape index (κ1) is 17.6. The van der Waals surface area contributed by atoms with Gasteiger partial charge in [-0.3, -0.25) is 4.79 Å². The SMILES string of the molecule is Cc1ncn2c1Cn1nc(CN(C)C(=O)C3CCC3)nc1-c1cc(Br)ccc1-2. The van der Waals surface area contributed by atoms with Crippen LogP contribution in [0.3, 0.4) is 0 Å². The molecule has 0 bridgehead atoms. The van der Waals surface area contributed by atoms with E-state index < -0.39 is 0 Å². The molecule has 1 fully saturated rings. The lowest BCUT2D eigenvalue weighted by atomic mass is 9.84. The van der Waals surface area contributed by atoms with Crippen LogP contribution in [0, 0.1) is 12.8 Å². The summed E-state index contributed by atoms with van der Waals surface area (Å²) in [5.74, 6) is 1.87. The largest absolute Gasteiger partial charge is 0.338 e. The van der Waals surface area contributed by atoms with Crippen molar-refractivity contribution in [3.05, 3.63) is 46.2 Å². The van der Waals surface area contributed by atoms with Gasteiger partial charge >= 0.3 is 0 Å². The number of hydrogen-bond donors (Lipinski definition) is 0. The molecule has 5 rings (SSSR count). The molecule has 2 aromatic heterocycles. The third kappa shape index (κ3) is 2.78. The second kappa shape index (κ2) is 6.55. The first-order valence-corrected chi connectivity index (χ1v) is 10.3. The fourth-order valence-electron chi connectivity index (χ4n) is 3.92. The molecular formula is C20H21BrN6O. The molecule has 3 heterocycles. The Morgan fingerprint density at radius 3 is 2.93 bits per heavy atom. The van der Waals surface area contributed by atoms with E-state index in [0.717, 1.165) is 52.2 Å². The summed E-state index contributed by atoms with van der Waals surface area (Å²) in [5, 5.41) is 4.74. The number of halogens is 1. The molecule has 1 aliphatic carbocycles. The number of amides is 1. The molecule has 1 amide bonds. The van der Waals surface area contributed by atoms with Crippen LogP contribution in [0.2, 0.25) is 0 Å². The Labute approximate surface area is 171 Å². The van der Waals surface area contributed by atoms with Crippen LogP contribution in [0.4, 0.5) is 0 Å². The van der Waals surface area contributed by atoms with Gasteiger partial charge in [0.15, 0.2) is 11.6 Å². The van der Waals surface area contributed by atoms with E-state index in [1.165, 1.54) is 0 Å². The summed E-state index contributed by atoms with van der Waals surface area (Å²) >= 11 is 3.57. The predicted molar refractivity (Wildman–Crippen MR) is 108 cm³/mol. The van der Waals surface area contributed by atoms with Crippen LogP contribution in [0.5, 0.6) is 0 Å². The minimum atomic E-state index is 0.180. The van der Waals surface area contributed by atoms with Crippen molar-refractivity contribution in [2.75, 3.05) is 7.05 Å². The number of rotatable bonds is 3. The summed E-state index contributed by atoms with van der Waals surface area (Å²) in [6, 6.07) is 6.16. The van der Waals surface area contributed by atoms with Gasteiger partial charge in [-0.05, 0) is 38.0 Å². The number of hydrogen-bond acceptors (Lipinski definition) is 4. The van der Waals surface area contributed by atoms with Crippen LogP contribution < -0.4 is 0 Å². The van der Waals surface area contributed by atoms with Crippen molar-refractivity contribution in [3.63, 3.8) is 0 Å². The van der Waals surface area contributed by atoms with Crippen LogP contribution in [0.25, 0.3) is 17.1 Å². The molecule has 1 aromatic carbocycles. The number of aromatic nitrogens is 5. The highest BCUT2D eigenvalue weighted by molar-refractivity contribution is 9.10. The standard InChI is InChI=1S/C20H21BrN6O/c1-12-17-9-27-19(15-8-14(21)6-7-16(15)26(17)11-22-12)23-18(24-27)10-25(2)20(28)13-4-3-5-13/h6-8,11,13H,3-5,9-10H2,1-2H3. The Morgan fingerprint density at radius 2 is 2.18 bits per heavy atom. The smallest absolute Gasteiger partial charge is 0.225 e. The molecule has 0 N–H and O–H groups in total. The van der Waals surface area contributed by atoms with Crippen molar-refractivity contribution < 1.29 is 4.79 Å². The quantitative estimate of drug-likeness (QED) is 0.489. The molecule has 0 atom stereocenters. The number of carbonyl (C=O) groups is 1. The van der Waals surface area contributed by atoms with Gasteiger partial charge in [-0.1, -0.05) is 22.4 Å². The highest BCUT2D eigenvalue weighted by Crippen LogP contribution is 2.34. The lowest BCUT2D eigenvalue weighted by Gasteiger charge is -2.28. The molecule has 144 valence electrons. The maximum atomic E-state index is 12.5. The number of imidazole rings is 1. The lowest BCUT2D eigenvalue weighted by molar-refractivity contribution is -0.137. The minimum absolute atomic E-state index is 0.180. The van der Waals surface area contributed by atoms with E-state index in [-0.39, 0.29) is 11.8 Å². The molecule has 0 unspecified atom stereocenters. The Morgan fingerprint density at radius 1 is 1.36 bits per heavy atom. The maximum Gasteiger partial charge on any atom is 0.225 e. The van der Waals surface area contributed by atoms with Crippen molar-refractivity contribution in [2.24, 2.45) is 5.92 Å². The highest BCUT2D eigenvalue weighted by atomic mass is 79.9. The third-order valence-corrected chi connectivity index (χ3v) is 6.25. The van der Waals surface area contributed by atoms with Gasteiger partial charge in [0, 0.05) is 23.0 Å². The van der Waals surface area contributed by atoms with Gasteiger partial charge in [0.05, 0.1) is 36.5 Å². The number of fused-ring (bicyclic) bond motifs is 5. The lowest BCUT2D eigenvalue weighted by Crippen LogP contribution is -2.36. The van der Waals surface area contributed by atoms with Gasteiger partial charge in [-0.2, -0.15) is 5.10 Å². The molecule has 3 aromatic rings. The second-order valence-electron chi connectivity index (χ2n) is 7.64. The van der Waals surface area contributed by atoms with Gasteiger partial charge in [0.1, 0.15) is 0 Å². The highest BCUT2D eigenvalue weighted by Gasteiger charge is 2.29. The van der Waals surface area contributed by atoms with Crippen molar-refractivity contribution >= 4 is 21.8 Å². The molecule has 8 heteroatoms. The van der Waals surface area contributed by atoms with Crippen LogP contribution in [-0.4, -0.2) is 42.2 Å². The number of aryl methyl sites for hydroxylation is 1. The first-order chi connectivity index (χ1) is 13.5. The summed E-state index contributed by atoms with van der Waals surface area (Å²) in [7, 11) is 1.84. The van der Waals surface area contributed by atoms with Crippen LogP contribution in [0.1, 0.15) is 36.5 Å². The van der Waals surface area contributed by atoms with Crippen LogP contribution in [-0.2, 0) is 17.9 Å². The van der Waals surface area contributed by atoms with Gasteiger partial charge in [0.2, 0.25) is 5.91 Å². The molecule has 2 aliphatic rings. The van der Waals surface area contributed by atoms with E-state index in [2.05, 4.69) is 37.6 Å². The topological polar surface area (TPSA) is 68.8 Å². The van der Waals surface area contributed by atoms with E-state index in [1.54, 1.807) is 4.90 Å². The second-order valence-corrected chi connectivity index (χ2v) is 8.56. The van der Waals surface area contributed by atoms with Crippen molar-refractivity contribution in [1.29, 1.82) is 0 Å². The minimum Gasteiger partial charge on any atom is -0.338 e. The average Bonchev–Trinajstić information content (AvgIpc) is 3.15. The van der Waals surface area contributed by atoms with Gasteiger partial charge in [-0.15, -0.1) is 0 Å². The summed E-state index contributed by atoms with van der Waals surface area (Å²) in [4.78, 5) is 23.5. The molecule has 7 nitrogen and oxygen atoms in total. The monoisotopic (exact) mass is 440 g/mol. The maximum absolute atomic E-state index is 12.5. The zero-order chi connectivity index (χ0) is 19.4. The number of nitrogens with zero attached hydrogens (tertiary/aromatic N) is 6. The molecular weight excluding hydrogens is 420 g/mol. The Kier molecular flexibility index (Phi) is 4.12. The molecule has 0 saturated heterocycles. The summed E-state index contributed by atoms with van der Waals surface area (Å²) < 4.78 is 5.02. The number of benzene rings is 1. The van der Waals surface area contributed by atoms with Gasteiger partial charge < -0.3 is 9.47 Å². The molecule has 1 aliphatic heterocycles. The first-order valence-electron chi connectivity index (χ1n) is 9.53. The zero-order valence-corrected chi connectivity index (χ0v) is 17.5. The van der Waals surface area contributed by atoms with E-state index in [4.69, 9.17) is 10.1 Å². The average molecular weight is 441 g/mol. The predicted octanol–water partition coefficient (Wildman–Crippen LogP) is 3.32. The van der Waals surface area contributed by atoms with E-state index in [1.807, 2.05) is 31.0 Å². The number of carbonyl (C=O) groups excluding carboxylic acids is 1. The Bertz CT molecular complexity index is 1080. The van der Waals surface area contributed by atoms with Gasteiger partial charge in [-0.25, -0.2) is 14.6 Å². The van der Waals surface area contributed by atoms with Crippen LogP contribution >= 0.6 is 15.9 Å².